The minimum absolute atomic E-state index is 0.0491. The number of nitrogens with zero attached hydrogens (tertiary/aromatic N) is 1. The molecule has 0 aromatic heterocycles. The molecule has 1 atom stereocenters. The Morgan fingerprint density at radius 2 is 1.95 bits per heavy atom. The fraction of sp³-hybridized carbons (Fsp3) is 0.125. The minimum atomic E-state index is -0.825. The monoisotopic (exact) mass is 347 g/mol. The second-order valence-electron chi connectivity index (χ2n) is 4.39. The van der Waals surface area contributed by atoms with Crippen molar-refractivity contribution in [2.45, 2.75) is 13.0 Å². The average molecular weight is 348 g/mol. The number of ether oxygens (including phenoxy) is 1. The number of benzene rings is 2. The van der Waals surface area contributed by atoms with Gasteiger partial charge in [0, 0.05) is 10.0 Å². The summed E-state index contributed by atoms with van der Waals surface area (Å²) >= 11 is 3.29. The smallest absolute Gasteiger partial charge is 0.202 e. The summed E-state index contributed by atoms with van der Waals surface area (Å²) < 4.78 is 19.9. The first-order valence-corrected chi connectivity index (χ1v) is 6.96. The van der Waals surface area contributed by atoms with Gasteiger partial charge >= 0.3 is 0 Å². The van der Waals surface area contributed by atoms with Crippen LogP contribution < -0.4 is 4.74 Å². The minimum Gasteiger partial charge on any atom is -0.479 e. The summed E-state index contributed by atoms with van der Waals surface area (Å²) in [6.45, 7) is 1.56. The Balaban J connectivity index is 2.14. The maximum atomic E-state index is 13.7. The Labute approximate surface area is 130 Å². The first-order chi connectivity index (χ1) is 10.0. The van der Waals surface area contributed by atoms with Gasteiger partial charge in [0.05, 0.1) is 11.6 Å². The van der Waals surface area contributed by atoms with E-state index in [0.29, 0.717) is 5.56 Å². The summed E-state index contributed by atoms with van der Waals surface area (Å²) in [6, 6.07) is 12.5. The highest BCUT2D eigenvalue weighted by Gasteiger charge is 2.18. The van der Waals surface area contributed by atoms with E-state index in [1.54, 1.807) is 31.2 Å². The molecule has 0 spiro atoms. The molecule has 0 amide bonds. The Bertz CT molecular complexity index is 707. The van der Waals surface area contributed by atoms with Crippen LogP contribution in [0, 0.1) is 17.1 Å². The second-order valence-corrected chi connectivity index (χ2v) is 5.30. The molecular formula is C16H11BrFNO2. The van der Waals surface area contributed by atoms with Gasteiger partial charge in [0.25, 0.3) is 0 Å². The molecule has 0 radical (unpaired) electrons. The second kappa shape index (κ2) is 6.51. The van der Waals surface area contributed by atoms with Crippen LogP contribution in [-0.2, 0) is 0 Å². The summed E-state index contributed by atoms with van der Waals surface area (Å²) in [7, 11) is 0. The van der Waals surface area contributed by atoms with E-state index in [-0.39, 0.29) is 17.1 Å². The van der Waals surface area contributed by atoms with Gasteiger partial charge in [-0.3, -0.25) is 4.79 Å². The van der Waals surface area contributed by atoms with Gasteiger partial charge < -0.3 is 4.74 Å². The number of halogens is 2. The maximum absolute atomic E-state index is 13.7. The van der Waals surface area contributed by atoms with Gasteiger partial charge in [0.1, 0.15) is 0 Å². The van der Waals surface area contributed by atoms with Crippen LogP contribution in [0.15, 0.2) is 46.9 Å². The van der Waals surface area contributed by atoms with Gasteiger partial charge in [0.15, 0.2) is 17.7 Å². The lowest BCUT2D eigenvalue weighted by Crippen LogP contribution is -2.24. The molecule has 21 heavy (non-hydrogen) atoms. The molecule has 0 bridgehead atoms. The summed E-state index contributed by atoms with van der Waals surface area (Å²) in [6.07, 6.45) is -0.825. The van der Waals surface area contributed by atoms with Crippen molar-refractivity contribution in [1.29, 1.82) is 5.26 Å². The lowest BCUT2D eigenvalue weighted by atomic mass is 10.1. The summed E-state index contributed by atoms with van der Waals surface area (Å²) in [5, 5.41) is 8.68. The number of nitriles is 1. The summed E-state index contributed by atoms with van der Waals surface area (Å²) in [5.41, 5.74) is 0.687. The van der Waals surface area contributed by atoms with E-state index in [4.69, 9.17) is 10.00 Å². The molecular weight excluding hydrogens is 337 g/mol. The molecule has 0 N–H and O–H groups in total. The molecule has 1 unspecified atom stereocenters. The van der Waals surface area contributed by atoms with E-state index < -0.39 is 11.9 Å². The molecule has 3 nitrogen and oxygen atoms in total. The highest BCUT2D eigenvalue weighted by molar-refractivity contribution is 9.10. The third-order valence-electron chi connectivity index (χ3n) is 2.86. The summed E-state index contributed by atoms with van der Waals surface area (Å²) in [5.74, 6) is -0.956. The Morgan fingerprint density at radius 1 is 1.29 bits per heavy atom. The maximum Gasteiger partial charge on any atom is 0.202 e. The molecule has 2 aromatic carbocycles. The van der Waals surface area contributed by atoms with Gasteiger partial charge in [-0.15, -0.1) is 0 Å². The van der Waals surface area contributed by atoms with Crippen molar-refractivity contribution in [3.63, 3.8) is 0 Å². The van der Waals surface area contributed by atoms with E-state index in [1.165, 1.54) is 12.1 Å². The highest BCUT2D eigenvalue weighted by atomic mass is 79.9. The lowest BCUT2D eigenvalue weighted by molar-refractivity contribution is 0.0812. The van der Waals surface area contributed by atoms with E-state index >= 15 is 0 Å². The van der Waals surface area contributed by atoms with Gasteiger partial charge in [0.2, 0.25) is 5.78 Å². The van der Waals surface area contributed by atoms with Crippen molar-refractivity contribution < 1.29 is 13.9 Å². The van der Waals surface area contributed by atoms with Crippen molar-refractivity contribution in [2.75, 3.05) is 0 Å². The average Bonchev–Trinajstić information content (AvgIpc) is 2.49. The van der Waals surface area contributed by atoms with E-state index in [1.807, 2.05) is 6.07 Å². The predicted molar refractivity (Wildman–Crippen MR) is 79.7 cm³/mol. The van der Waals surface area contributed by atoms with E-state index in [0.717, 1.165) is 10.5 Å². The van der Waals surface area contributed by atoms with E-state index in [9.17, 15) is 9.18 Å². The molecule has 0 aliphatic carbocycles. The number of ketones is 1. The van der Waals surface area contributed by atoms with Gasteiger partial charge in [-0.2, -0.15) is 5.26 Å². The number of carbonyl (C=O) groups excluding carboxylic acids is 1. The molecule has 0 saturated carbocycles. The SMILES string of the molecule is CC(Oc1ccc(C#N)cc1F)C(=O)c1ccc(Br)cc1. The van der Waals surface area contributed by atoms with Crippen LogP contribution in [0.5, 0.6) is 5.75 Å². The molecule has 5 heteroatoms. The van der Waals surface area contributed by atoms with Gasteiger partial charge in [-0.05, 0) is 37.3 Å². The standard InChI is InChI=1S/C16H11BrFNO2/c1-10(16(20)12-3-5-13(17)6-4-12)21-15-7-2-11(9-19)8-14(15)18/h2-8,10H,1H3. The molecule has 106 valence electrons. The van der Waals surface area contributed by atoms with Crippen LogP contribution in [-0.4, -0.2) is 11.9 Å². The number of hydrogen-bond acceptors (Lipinski definition) is 3. The third kappa shape index (κ3) is 3.67. The van der Waals surface area contributed by atoms with Crippen molar-refractivity contribution in [3.8, 4) is 11.8 Å². The molecule has 0 fully saturated rings. The molecule has 2 rings (SSSR count). The topological polar surface area (TPSA) is 50.1 Å². The Morgan fingerprint density at radius 3 is 2.52 bits per heavy atom. The Kier molecular flexibility index (Phi) is 4.71. The van der Waals surface area contributed by atoms with Crippen LogP contribution in [0.25, 0.3) is 0 Å². The highest BCUT2D eigenvalue weighted by Crippen LogP contribution is 2.21. The zero-order valence-corrected chi connectivity index (χ0v) is 12.7. The molecule has 2 aromatic rings. The van der Waals surface area contributed by atoms with Crippen molar-refractivity contribution in [3.05, 3.63) is 63.9 Å². The van der Waals surface area contributed by atoms with E-state index in [2.05, 4.69) is 15.9 Å². The Hall–Kier alpha value is -2.19. The van der Waals surface area contributed by atoms with Crippen LogP contribution >= 0.6 is 15.9 Å². The number of carbonyl (C=O) groups is 1. The fourth-order valence-corrected chi connectivity index (χ4v) is 2.02. The van der Waals surface area contributed by atoms with Crippen molar-refractivity contribution in [1.82, 2.24) is 0 Å². The third-order valence-corrected chi connectivity index (χ3v) is 3.39. The van der Waals surface area contributed by atoms with Gasteiger partial charge in [-0.25, -0.2) is 4.39 Å². The first kappa shape index (κ1) is 15.2. The van der Waals surface area contributed by atoms with Gasteiger partial charge in [-0.1, -0.05) is 28.1 Å². The predicted octanol–water partition coefficient (Wildman–Crippen LogP) is 4.11. The number of Topliss-reactive ketones (excluding diaryl/α,β-unsaturated/α-hetero) is 1. The molecule has 0 aliphatic rings. The van der Waals surface area contributed by atoms with Crippen LogP contribution in [0.2, 0.25) is 0 Å². The first-order valence-electron chi connectivity index (χ1n) is 6.17. The van der Waals surface area contributed by atoms with Crippen LogP contribution in [0.4, 0.5) is 4.39 Å². The van der Waals surface area contributed by atoms with Crippen LogP contribution in [0.3, 0.4) is 0 Å². The quantitative estimate of drug-likeness (QED) is 0.782. The fourth-order valence-electron chi connectivity index (χ4n) is 1.76. The molecule has 0 heterocycles. The van der Waals surface area contributed by atoms with Crippen LogP contribution in [0.1, 0.15) is 22.8 Å². The number of hydrogen-bond donors (Lipinski definition) is 0. The largest absolute Gasteiger partial charge is 0.479 e. The van der Waals surface area contributed by atoms with Crippen molar-refractivity contribution in [2.24, 2.45) is 0 Å². The lowest BCUT2D eigenvalue weighted by Gasteiger charge is -2.14. The zero-order chi connectivity index (χ0) is 15.4. The summed E-state index contributed by atoms with van der Waals surface area (Å²) in [4.78, 5) is 12.2. The molecule has 0 saturated heterocycles. The zero-order valence-electron chi connectivity index (χ0n) is 11.1. The normalized spacial score (nSPS) is 11.5. The molecule has 0 aliphatic heterocycles. The van der Waals surface area contributed by atoms with Crippen molar-refractivity contribution >= 4 is 21.7 Å². The number of rotatable bonds is 4.